The van der Waals surface area contributed by atoms with E-state index in [1.807, 2.05) is 17.0 Å². The molecule has 5 rings (SSSR count). The number of anilines is 2. The van der Waals surface area contributed by atoms with Gasteiger partial charge in [-0.05, 0) is 42.4 Å². The van der Waals surface area contributed by atoms with Gasteiger partial charge in [-0.3, -0.25) is 4.79 Å². The van der Waals surface area contributed by atoms with Crippen molar-refractivity contribution in [1.82, 2.24) is 14.9 Å². The van der Waals surface area contributed by atoms with Gasteiger partial charge in [0.2, 0.25) is 5.91 Å². The predicted molar refractivity (Wildman–Crippen MR) is 140 cm³/mol. The second-order valence-electron chi connectivity index (χ2n) is 9.27. The van der Waals surface area contributed by atoms with Gasteiger partial charge in [-0.25, -0.2) is 0 Å². The van der Waals surface area contributed by atoms with Gasteiger partial charge < -0.3 is 19.4 Å². The lowest BCUT2D eigenvalue weighted by atomic mass is 10.0. The minimum atomic E-state index is 0.00451. The number of aromatic nitrogens is 2. The van der Waals surface area contributed by atoms with Crippen LogP contribution in [0.1, 0.15) is 17.7 Å². The largest absolute Gasteiger partial charge is 0.467 e. The summed E-state index contributed by atoms with van der Waals surface area (Å²) < 4.78 is 5.48. The van der Waals surface area contributed by atoms with Crippen molar-refractivity contribution >= 4 is 39.8 Å². The fourth-order valence-corrected chi connectivity index (χ4v) is 5.60. The van der Waals surface area contributed by atoms with Crippen LogP contribution >= 0.6 is 11.6 Å². The summed E-state index contributed by atoms with van der Waals surface area (Å²) in [5.74, 6) is 1.30. The maximum Gasteiger partial charge on any atom is 0.318 e. The number of likely N-dealkylation sites (tertiary alicyclic amines) is 1. The number of hydrogen-bond donors (Lipinski definition) is 0. The summed E-state index contributed by atoms with van der Waals surface area (Å²) in [6.07, 6.45) is 3.20. The summed E-state index contributed by atoms with van der Waals surface area (Å²) in [6.45, 7) is 7.45. The molecule has 1 fully saturated rings. The van der Waals surface area contributed by atoms with Gasteiger partial charge >= 0.3 is 6.01 Å². The summed E-state index contributed by atoms with van der Waals surface area (Å²) >= 11 is 6.61. The Kier molecular flexibility index (Phi) is 6.52. The first-order valence-electron chi connectivity index (χ1n) is 12.0. The lowest BCUT2D eigenvalue weighted by molar-refractivity contribution is -0.125. The van der Waals surface area contributed by atoms with Crippen molar-refractivity contribution in [3.8, 4) is 6.01 Å². The van der Waals surface area contributed by atoms with Crippen LogP contribution in [0.3, 0.4) is 0 Å². The highest BCUT2D eigenvalue weighted by Gasteiger charge is 2.29. The average Bonchev–Trinajstić information content (AvgIpc) is 3.35. The van der Waals surface area contributed by atoms with E-state index in [1.165, 1.54) is 6.08 Å². The first-order valence-corrected chi connectivity index (χ1v) is 12.3. The van der Waals surface area contributed by atoms with Gasteiger partial charge in [0.15, 0.2) is 0 Å². The lowest BCUT2D eigenvalue weighted by Crippen LogP contribution is -2.35. The molecule has 0 bridgehead atoms. The van der Waals surface area contributed by atoms with Gasteiger partial charge in [0, 0.05) is 49.9 Å². The van der Waals surface area contributed by atoms with Gasteiger partial charge in [-0.2, -0.15) is 9.97 Å². The first-order chi connectivity index (χ1) is 17.0. The van der Waals surface area contributed by atoms with Gasteiger partial charge in [0.25, 0.3) is 0 Å². The average molecular weight is 492 g/mol. The van der Waals surface area contributed by atoms with E-state index < -0.39 is 0 Å². The van der Waals surface area contributed by atoms with E-state index in [0.717, 1.165) is 77.6 Å². The molecule has 2 aliphatic rings. The van der Waals surface area contributed by atoms with Crippen LogP contribution in [-0.4, -0.2) is 61.1 Å². The maximum absolute atomic E-state index is 12.0. The third-order valence-electron chi connectivity index (χ3n) is 7.04. The van der Waals surface area contributed by atoms with Crippen molar-refractivity contribution in [3.63, 3.8) is 0 Å². The van der Waals surface area contributed by atoms with E-state index in [9.17, 15) is 4.79 Å². The molecule has 0 N–H and O–H groups in total. The predicted octanol–water partition coefficient (Wildman–Crippen LogP) is 4.33. The fraction of sp³-hybridized carbons (Fsp3) is 0.370. The standard InChI is InChI=1S/C27H30ClN5O2/c1-4-24(34)33-13-11-18(16-33)15-31(2)26-20-12-14-32(17-22(20)29-27(30-26)35-3)23-10-6-8-19-7-5-9-21(28)25(19)23/h4-10,18H,1,11-17H2,2-3H3. The summed E-state index contributed by atoms with van der Waals surface area (Å²) in [5, 5.41) is 2.95. The van der Waals surface area contributed by atoms with Crippen LogP contribution in [0.4, 0.5) is 11.5 Å². The molecule has 1 atom stereocenters. The molecule has 2 aliphatic heterocycles. The van der Waals surface area contributed by atoms with Gasteiger partial charge in [0.1, 0.15) is 5.82 Å². The number of halogens is 1. The van der Waals surface area contributed by atoms with Crippen molar-refractivity contribution < 1.29 is 9.53 Å². The Morgan fingerprint density at radius 1 is 1.26 bits per heavy atom. The van der Waals surface area contributed by atoms with E-state index in [-0.39, 0.29) is 5.91 Å². The molecule has 1 amide bonds. The number of fused-ring (bicyclic) bond motifs is 2. The van der Waals surface area contributed by atoms with Crippen LogP contribution in [0.15, 0.2) is 49.1 Å². The SMILES string of the molecule is C=CC(=O)N1CCC(CN(C)c2nc(OC)nc3c2CCN(c2cccc4cccc(Cl)c24)C3)C1. The quantitative estimate of drug-likeness (QED) is 0.478. The Balaban J connectivity index is 1.41. The summed E-state index contributed by atoms with van der Waals surface area (Å²) in [6, 6.07) is 12.7. The van der Waals surface area contributed by atoms with Crippen LogP contribution in [0.2, 0.25) is 5.02 Å². The molecule has 3 aromatic rings. The van der Waals surface area contributed by atoms with Gasteiger partial charge in [0.05, 0.1) is 24.4 Å². The van der Waals surface area contributed by atoms with Crippen LogP contribution in [0.5, 0.6) is 6.01 Å². The van der Waals surface area contributed by atoms with Crippen LogP contribution in [0.25, 0.3) is 10.8 Å². The second-order valence-corrected chi connectivity index (χ2v) is 9.68. The minimum Gasteiger partial charge on any atom is -0.467 e. The zero-order valence-electron chi connectivity index (χ0n) is 20.2. The lowest BCUT2D eigenvalue weighted by Gasteiger charge is -2.33. The molecule has 35 heavy (non-hydrogen) atoms. The van der Waals surface area contributed by atoms with E-state index >= 15 is 0 Å². The zero-order valence-corrected chi connectivity index (χ0v) is 21.0. The molecule has 3 heterocycles. The Morgan fingerprint density at radius 3 is 2.83 bits per heavy atom. The van der Waals surface area contributed by atoms with Gasteiger partial charge in [-0.15, -0.1) is 0 Å². The molecule has 8 heteroatoms. The van der Waals surface area contributed by atoms with E-state index in [0.29, 0.717) is 18.5 Å². The number of rotatable bonds is 6. The number of hydrogen-bond acceptors (Lipinski definition) is 6. The molecule has 2 aromatic carbocycles. The number of nitrogens with zero attached hydrogens (tertiary/aromatic N) is 5. The minimum absolute atomic E-state index is 0.00451. The smallest absolute Gasteiger partial charge is 0.318 e. The Bertz CT molecular complexity index is 1270. The van der Waals surface area contributed by atoms with Crippen molar-refractivity contribution in [2.45, 2.75) is 19.4 Å². The number of benzene rings is 2. The number of carbonyl (C=O) groups excluding carboxylic acids is 1. The van der Waals surface area contributed by atoms with Crippen LogP contribution in [-0.2, 0) is 17.8 Å². The Hall–Kier alpha value is -3.32. The molecular weight excluding hydrogens is 462 g/mol. The third kappa shape index (κ3) is 4.52. The Morgan fingerprint density at radius 2 is 2.06 bits per heavy atom. The maximum atomic E-state index is 12.0. The van der Waals surface area contributed by atoms with Gasteiger partial charge in [-0.1, -0.05) is 42.4 Å². The van der Waals surface area contributed by atoms with Crippen molar-refractivity contribution in [2.24, 2.45) is 5.92 Å². The third-order valence-corrected chi connectivity index (χ3v) is 7.36. The summed E-state index contributed by atoms with van der Waals surface area (Å²) in [4.78, 5) is 27.9. The molecule has 182 valence electrons. The van der Waals surface area contributed by atoms with E-state index in [4.69, 9.17) is 26.3 Å². The highest BCUT2D eigenvalue weighted by molar-refractivity contribution is 6.36. The van der Waals surface area contributed by atoms with Crippen molar-refractivity contribution in [1.29, 1.82) is 0 Å². The molecule has 1 saturated heterocycles. The monoisotopic (exact) mass is 491 g/mol. The van der Waals surface area contributed by atoms with Crippen molar-refractivity contribution in [2.75, 3.05) is 50.1 Å². The van der Waals surface area contributed by atoms with Crippen LogP contribution in [0, 0.1) is 5.92 Å². The number of carbonyl (C=O) groups is 1. The molecule has 0 spiro atoms. The number of ether oxygens (including phenoxy) is 1. The number of methoxy groups -OCH3 is 1. The highest BCUT2D eigenvalue weighted by atomic mass is 35.5. The number of amides is 1. The second kappa shape index (κ2) is 9.74. The Labute approximate surface area is 211 Å². The summed E-state index contributed by atoms with van der Waals surface area (Å²) in [7, 11) is 3.67. The zero-order chi connectivity index (χ0) is 24.5. The molecule has 0 aliphatic carbocycles. The first kappa shape index (κ1) is 23.4. The molecule has 7 nitrogen and oxygen atoms in total. The molecule has 1 unspecified atom stereocenters. The molecule has 1 aromatic heterocycles. The normalized spacial score (nSPS) is 17.4. The summed E-state index contributed by atoms with van der Waals surface area (Å²) in [5.41, 5.74) is 3.25. The van der Waals surface area contributed by atoms with Crippen LogP contribution < -0.4 is 14.5 Å². The fourth-order valence-electron chi connectivity index (χ4n) is 5.33. The molecule has 0 radical (unpaired) electrons. The van der Waals surface area contributed by atoms with Crippen molar-refractivity contribution in [3.05, 3.63) is 65.3 Å². The van der Waals surface area contributed by atoms with E-state index in [1.54, 1.807) is 7.11 Å². The molecular formula is C27H30ClN5O2. The highest BCUT2D eigenvalue weighted by Crippen LogP contribution is 2.37. The topological polar surface area (TPSA) is 61.8 Å². The van der Waals surface area contributed by atoms with E-state index in [2.05, 4.69) is 47.7 Å². The molecule has 0 saturated carbocycles.